The summed E-state index contributed by atoms with van der Waals surface area (Å²) in [5, 5.41) is 6.63. The van der Waals surface area contributed by atoms with Gasteiger partial charge in [0, 0.05) is 56.1 Å². The van der Waals surface area contributed by atoms with E-state index in [1.54, 1.807) is 0 Å². The number of para-hydroxylation sites is 3. The van der Waals surface area contributed by atoms with Gasteiger partial charge in [-0.15, -0.1) is 0 Å². The Balaban J connectivity index is 1.21. The number of pyridine rings is 1. The average Bonchev–Trinajstić information content (AvgIpc) is 3.91. The van der Waals surface area contributed by atoms with Crippen molar-refractivity contribution in [3.8, 4) is 28.1 Å². The van der Waals surface area contributed by atoms with E-state index in [0.717, 1.165) is 88.6 Å². The Morgan fingerprint density at radius 1 is 0.500 bits per heavy atom. The fraction of sp³-hybridized carbons (Fsp3) is 0. The first-order valence-electron chi connectivity index (χ1n) is 16.1. The molecule has 224 valence electrons. The minimum atomic E-state index is 0.832. The van der Waals surface area contributed by atoms with Crippen molar-refractivity contribution in [2.45, 2.75) is 0 Å². The quantitative estimate of drug-likeness (QED) is 0.199. The fourth-order valence-corrected chi connectivity index (χ4v) is 7.55. The molecule has 48 heavy (non-hydrogen) atoms. The van der Waals surface area contributed by atoms with Gasteiger partial charge in [-0.25, -0.2) is 4.98 Å². The van der Waals surface area contributed by atoms with Gasteiger partial charge in [0.15, 0.2) is 0 Å². The van der Waals surface area contributed by atoms with Gasteiger partial charge in [-0.3, -0.25) is 0 Å². The molecule has 0 unspecified atom stereocenters. The number of aromatic nitrogens is 3. The summed E-state index contributed by atoms with van der Waals surface area (Å²) in [7, 11) is 0. The molecule has 11 rings (SSSR count). The smallest absolute Gasteiger partial charge is 0.147 e. The molecule has 0 bridgehead atoms. The maximum absolute atomic E-state index is 6.64. The predicted molar refractivity (Wildman–Crippen MR) is 195 cm³/mol. The molecule has 11 aromatic rings. The molecule has 0 aliphatic rings. The topological polar surface area (TPSA) is 48.5 Å². The van der Waals surface area contributed by atoms with E-state index in [0.29, 0.717) is 0 Å². The molecular formula is C43H25N3O2. The van der Waals surface area contributed by atoms with Crippen LogP contribution in [-0.4, -0.2) is 14.0 Å². The molecular weight excluding hydrogens is 590 g/mol. The average molecular weight is 616 g/mol. The standard InChI is InChI=1S/C43H25N3O2/c1-2-10-28(11-3-1)46-36-22-26(17-19-29(36)30-20-18-27(23-37(30)46)35-25-45-21-9-8-16-40(45)44-35)33-24-34-31-12-4-6-14-38(31)47-43(34)41-32-13-5-7-15-39(32)48-42(33)41/h1-25H. The Morgan fingerprint density at radius 2 is 1.17 bits per heavy atom. The molecule has 6 aromatic carbocycles. The van der Waals surface area contributed by atoms with Crippen molar-refractivity contribution in [3.05, 3.63) is 152 Å². The van der Waals surface area contributed by atoms with Crippen LogP contribution in [0.25, 0.3) is 99.4 Å². The van der Waals surface area contributed by atoms with Crippen molar-refractivity contribution < 1.29 is 8.83 Å². The first kappa shape index (κ1) is 25.6. The van der Waals surface area contributed by atoms with Crippen LogP contribution in [0.3, 0.4) is 0 Å². The van der Waals surface area contributed by atoms with Crippen LogP contribution >= 0.6 is 0 Å². The number of hydrogen-bond acceptors (Lipinski definition) is 3. The molecule has 5 heteroatoms. The highest BCUT2D eigenvalue weighted by molar-refractivity contribution is 6.25. The van der Waals surface area contributed by atoms with Crippen LogP contribution < -0.4 is 0 Å². The third kappa shape index (κ3) is 3.53. The Kier molecular flexibility index (Phi) is 5.05. The summed E-state index contributed by atoms with van der Waals surface area (Å²) in [5.74, 6) is 0. The van der Waals surface area contributed by atoms with Crippen molar-refractivity contribution in [3.63, 3.8) is 0 Å². The molecule has 5 aromatic heterocycles. The zero-order valence-electron chi connectivity index (χ0n) is 25.6. The Hall–Kier alpha value is -6.59. The lowest BCUT2D eigenvalue weighted by atomic mass is 9.97. The first-order chi connectivity index (χ1) is 23.8. The third-order valence-corrected chi connectivity index (χ3v) is 9.74. The highest BCUT2D eigenvalue weighted by Gasteiger charge is 2.22. The normalized spacial score (nSPS) is 12.2. The fourth-order valence-electron chi connectivity index (χ4n) is 7.55. The van der Waals surface area contributed by atoms with Gasteiger partial charge < -0.3 is 17.8 Å². The highest BCUT2D eigenvalue weighted by Crippen LogP contribution is 2.45. The molecule has 0 aliphatic carbocycles. The third-order valence-electron chi connectivity index (χ3n) is 9.74. The molecule has 0 aliphatic heterocycles. The van der Waals surface area contributed by atoms with Gasteiger partial charge in [0.2, 0.25) is 0 Å². The molecule has 0 atom stereocenters. The van der Waals surface area contributed by atoms with Crippen LogP contribution in [0.5, 0.6) is 0 Å². The molecule has 5 heterocycles. The van der Waals surface area contributed by atoms with E-state index in [2.05, 4.69) is 112 Å². The second kappa shape index (κ2) is 9.47. The van der Waals surface area contributed by atoms with E-state index in [1.807, 2.05) is 48.7 Å². The van der Waals surface area contributed by atoms with Crippen LogP contribution in [0.1, 0.15) is 0 Å². The Bertz CT molecular complexity index is 3030. The van der Waals surface area contributed by atoms with Crippen LogP contribution in [0.15, 0.2) is 161 Å². The first-order valence-corrected chi connectivity index (χ1v) is 16.1. The lowest BCUT2D eigenvalue weighted by Gasteiger charge is -2.10. The van der Waals surface area contributed by atoms with Crippen LogP contribution in [0.2, 0.25) is 0 Å². The molecule has 0 saturated carbocycles. The molecule has 0 radical (unpaired) electrons. The van der Waals surface area contributed by atoms with Gasteiger partial charge in [0.1, 0.15) is 28.0 Å². The summed E-state index contributed by atoms with van der Waals surface area (Å²) in [6.45, 7) is 0. The minimum absolute atomic E-state index is 0.832. The van der Waals surface area contributed by atoms with Gasteiger partial charge in [0.05, 0.1) is 22.1 Å². The largest absolute Gasteiger partial charge is 0.455 e. The number of hydrogen-bond donors (Lipinski definition) is 0. The molecule has 0 fully saturated rings. The van der Waals surface area contributed by atoms with Crippen molar-refractivity contribution in [1.29, 1.82) is 0 Å². The summed E-state index contributed by atoms with van der Waals surface area (Å²) in [6, 6.07) is 48.9. The van der Waals surface area contributed by atoms with E-state index in [1.165, 1.54) is 10.8 Å². The van der Waals surface area contributed by atoms with Crippen LogP contribution in [0, 0.1) is 0 Å². The Morgan fingerprint density at radius 3 is 1.98 bits per heavy atom. The SMILES string of the molecule is c1ccc(-n2c3cc(-c4cn5ccccc5n4)ccc3c3ccc(-c4cc5c6ccccc6oc5c5c4oc4ccccc45)cc32)cc1. The molecule has 0 saturated heterocycles. The second-order valence-corrected chi connectivity index (χ2v) is 12.4. The number of furan rings is 2. The molecule has 5 nitrogen and oxygen atoms in total. The zero-order valence-corrected chi connectivity index (χ0v) is 25.6. The minimum Gasteiger partial charge on any atom is -0.455 e. The number of fused-ring (bicyclic) bond motifs is 11. The summed E-state index contributed by atoms with van der Waals surface area (Å²) in [6.07, 6.45) is 4.13. The summed E-state index contributed by atoms with van der Waals surface area (Å²) in [4.78, 5) is 4.92. The number of nitrogens with zero attached hydrogens (tertiary/aromatic N) is 3. The second-order valence-electron chi connectivity index (χ2n) is 12.4. The van der Waals surface area contributed by atoms with Gasteiger partial charge in [0.25, 0.3) is 0 Å². The summed E-state index contributed by atoms with van der Waals surface area (Å²) < 4.78 is 17.6. The maximum Gasteiger partial charge on any atom is 0.147 e. The zero-order chi connectivity index (χ0) is 31.3. The van der Waals surface area contributed by atoms with E-state index in [-0.39, 0.29) is 0 Å². The van der Waals surface area contributed by atoms with Crippen molar-refractivity contribution in [2.24, 2.45) is 0 Å². The molecule has 0 amide bonds. The van der Waals surface area contributed by atoms with E-state index < -0.39 is 0 Å². The van der Waals surface area contributed by atoms with Crippen LogP contribution in [0.4, 0.5) is 0 Å². The number of imidazole rings is 1. The van der Waals surface area contributed by atoms with E-state index in [9.17, 15) is 0 Å². The lowest BCUT2D eigenvalue weighted by molar-refractivity contribution is 0.663. The van der Waals surface area contributed by atoms with Gasteiger partial charge in [-0.05, 0) is 60.2 Å². The van der Waals surface area contributed by atoms with E-state index in [4.69, 9.17) is 13.8 Å². The summed E-state index contributed by atoms with van der Waals surface area (Å²) >= 11 is 0. The molecule has 0 N–H and O–H groups in total. The summed E-state index contributed by atoms with van der Waals surface area (Å²) in [5.41, 5.74) is 11.9. The van der Waals surface area contributed by atoms with E-state index >= 15 is 0 Å². The molecule has 0 spiro atoms. The van der Waals surface area contributed by atoms with Gasteiger partial charge >= 0.3 is 0 Å². The monoisotopic (exact) mass is 615 g/mol. The maximum atomic E-state index is 6.64. The van der Waals surface area contributed by atoms with Crippen molar-refractivity contribution >= 4 is 71.3 Å². The number of rotatable bonds is 3. The predicted octanol–water partition coefficient (Wildman–Crippen LogP) is 11.6. The lowest BCUT2D eigenvalue weighted by Crippen LogP contribution is -1.94. The Labute approximate surface area is 273 Å². The van der Waals surface area contributed by atoms with Crippen molar-refractivity contribution in [1.82, 2.24) is 14.0 Å². The van der Waals surface area contributed by atoms with Gasteiger partial charge in [-0.1, -0.05) is 84.9 Å². The number of benzene rings is 6. The highest BCUT2D eigenvalue weighted by atomic mass is 16.3. The van der Waals surface area contributed by atoms with Crippen LogP contribution in [-0.2, 0) is 0 Å². The van der Waals surface area contributed by atoms with Crippen molar-refractivity contribution in [2.75, 3.05) is 0 Å². The van der Waals surface area contributed by atoms with Gasteiger partial charge in [-0.2, -0.15) is 0 Å².